The molecule has 0 fully saturated rings. The minimum atomic E-state index is 0. The Morgan fingerprint density at radius 3 is 2.67 bits per heavy atom. The van der Waals surface area contributed by atoms with E-state index in [0.717, 1.165) is 36.9 Å². The normalized spacial score (nSPS) is 11.1. The van der Waals surface area contributed by atoms with Crippen LogP contribution >= 0.6 is 24.0 Å². The lowest BCUT2D eigenvalue weighted by molar-refractivity contribution is 0.555. The highest BCUT2D eigenvalue weighted by Gasteiger charge is 2.03. The van der Waals surface area contributed by atoms with E-state index in [9.17, 15) is 0 Å². The van der Waals surface area contributed by atoms with Gasteiger partial charge >= 0.3 is 0 Å². The Balaban J connectivity index is 0.00000288. The zero-order valence-electron chi connectivity index (χ0n) is 14.8. The molecule has 0 aliphatic carbocycles. The van der Waals surface area contributed by atoms with Crippen molar-refractivity contribution in [2.45, 2.75) is 40.3 Å². The fourth-order valence-corrected chi connectivity index (χ4v) is 2.43. The molecule has 7 heteroatoms. The maximum absolute atomic E-state index is 4.47. The van der Waals surface area contributed by atoms with Crippen molar-refractivity contribution in [1.29, 1.82) is 0 Å². The molecular formula is C17H27IN6. The van der Waals surface area contributed by atoms with Crippen LogP contribution in [0.3, 0.4) is 0 Å². The van der Waals surface area contributed by atoms with Crippen LogP contribution in [0.1, 0.15) is 29.1 Å². The second-order valence-corrected chi connectivity index (χ2v) is 5.62. The Kier molecular flexibility index (Phi) is 8.73. The highest BCUT2D eigenvalue weighted by atomic mass is 127. The Labute approximate surface area is 161 Å². The molecule has 0 bridgehead atoms. The molecule has 0 aliphatic heterocycles. The van der Waals surface area contributed by atoms with Crippen LogP contribution in [0.5, 0.6) is 0 Å². The van der Waals surface area contributed by atoms with Crippen LogP contribution in [0, 0.1) is 20.8 Å². The number of aliphatic imine (C=N–C) groups is 1. The van der Waals surface area contributed by atoms with Crippen LogP contribution in [0.4, 0.5) is 0 Å². The molecule has 132 valence electrons. The molecule has 0 spiro atoms. The lowest BCUT2D eigenvalue weighted by atomic mass is 10.2. The Hall–Kier alpha value is -1.64. The second-order valence-electron chi connectivity index (χ2n) is 5.62. The maximum Gasteiger partial charge on any atom is 0.191 e. The van der Waals surface area contributed by atoms with Gasteiger partial charge in [-0.3, -0.25) is 14.7 Å². The average Bonchev–Trinajstić information content (AvgIpc) is 2.86. The minimum absolute atomic E-state index is 0. The summed E-state index contributed by atoms with van der Waals surface area (Å²) < 4.78 is 2.05. The predicted octanol–water partition coefficient (Wildman–Crippen LogP) is 2.58. The molecule has 2 aromatic rings. The molecule has 0 unspecified atom stereocenters. The van der Waals surface area contributed by atoms with Gasteiger partial charge in [-0.2, -0.15) is 5.10 Å². The van der Waals surface area contributed by atoms with Crippen molar-refractivity contribution in [3.05, 3.63) is 47.0 Å². The number of nitrogens with one attached hydrogen (secondary N) is 2. The average molecular weight is 442 g/mol. The summed E-state index contributed by atoms with van der Waals surface area (Å²) in [7, 11) is 1.78. The number of hydrogen-bond acceptors (Lipinski definition) is 3. The number of halogens is 1. The standard InChI is InChI=1S/C17H26N6.HI/c1-13-7-5-8-19-16(13)12-21-17(18-4)20-9-6-10-23-15(3)11-14(2)22-23;/h5,7-8,11H,6,9-10,12H2,1-4H3,(H2,18,20,21);1H. The SMILES string of the molecule is CN=C(NCCCn1nc(C)cc1C)NCc1ncccc1C.I. The van der Waals surface area contributed by atoms with Crippen molar-refractivity contribution in [2.75, 3.05) is 13.6 Å². The van der Waals surface area contributed by atoms with Crippen molar-refractivity contribution in [3.63, 3.8) is 0 Å². The van der Waals surface area contributed by atoms with Crippen LogP contribution in [0.15, 0.2) is 29.4 Å². The second kappa shape index (κ2) is 10.3. The quantitative estimate of drug-likeness (QED) is 0.313. The third-order valence-corrected chi connectivity index (χ3v) is 3.71. The highest BCUT2D eigenvalue weighted by molar-refractivity contribution is 14.0. The van der Waals surface area contributed by atoms with E-state index < -0.39 is 0 Å². The molecular weight excluding hydrogens is 415 g/mol. The van der Waals surface area contributed by atoms with Crippen LogP contribution < -0.4 is 10.6 Å². The van der Waals surface area contributed by atoms with Crippen molar-refractivity contribution in [2.24, 2.45) is 4.99 Å². The van der Waals surface area contributed by atoms with Crippen LogP contribution in [0.2, 0.25) is 0 Å². The lowest BCUT2D eigenvalue weighted by Crippen LogP contribution is -2.37. The van der Waals surface area contributed by atoms with E-state index in [4.69, 9.17) is 0 Å². The fraction of sp³-hybridized carbons (Fsp3) is 0.471. The largest absolute Gasteiger partial charge is 0.356 e. The van der Waals surface area contributed by atoms with Gasteiger partial charge in [0.25, 0.3) is 0 Å². The molecule has 0 aliphatic rings. The van der Waals surface area contributed by atoms with Crippen LogP contribution in [0.25, 0.3) is 0 Å². The summed E-state index contributed by atoms with van der Waals surface area (Å²) in [5, 5.41) is 11.1. The van der Waals surface area contributed by atoms with Gasteiger partial charge in [-0.15, -0.1) is 24.0 Å². The predicted molar refractivity (Wildman–Crippen MR) is 109 cm³/mol. The van der Waals surface area contributed by atoms with Crippen LogP contribution in [-0.4, -0.2) is 34.3 Å². The van der Waals surface area contributed by atoms with Crippen LogP contribution in [-0.2, 0) is 13.1 Å². The Morgan fingerprint density at radius 1 is 1.25 bits per heavy atom. The monoisotopic (exact) mass is 442 g/mol. The first-order chi connectivity index (χ1) is 11.1. The molecule has 24 heavy (non-hydrogen) atoms. The third kappa shape index (κ3) is 6.10. The number of rotatable bonds is 6. The topological polar surface area (TPSA) is 67.1 Å². The first-order valence-corrected chi connectivity index (χ1v) is 7.96. The zero-order valence-corrected chi connectivity index (χ0v) is 17.2. The lowest BCUT2D eigenvalue weighted by Gasteiger charge is -2.12. The van der Waals surface area contributed by atoms with E-state index in [-0.39, 0.29) is 24.0 Å². The Bertz CT molecular complexity index is 665. The van der Waals surface area contributed by atoms with Gasteiger partial charge in [0.15, 0.2) is 5.96 Å². The maximum atomic E-state index is 4.47. The van der Waals surface area contributed by atoms with E-state index in [2.05, 4.69) is 51.7 Å². The molecule has 0 saturated heterocycles. The van der Waals surface area contributed by atoms with Gasteiger partial charge in [0.05, 0.1) is 17.9 Å². The van der Waals surface area contributed by atoms with E-state index in [1.54, 1.807) is 7.05 Å². The number of aromatic nitrogens is 3. The molecule has 0 radical (unpaired) electrons. The number of guanidine groups is 1. The van der Waals surface area contributed by atoms with E-state index in [1.165, 1.54) is 11.3 Å². The van der Waals surface area contributed by atoms with Gasteiger partial charge in [-0.1, -0.05) is 6.07 Å². The summed E-state index contributed by atoms with van der Waals surface area (Å²) in [6, 6.07) is 6.11. The number of pyridine rings is 1. The summed E-state index contributed by atoms with van der Waals surface area (Å²) in [4.78, 5) is 8.62. The smallest absolute Gasteiger partial charge is 0.191 e. The summed E-state index contributed by atoms with van der Waals surface area (Å²) in [5.41, 5.74) is 4.49. The molecule has 2 rings (SSSR count). The van der Waals surface area contributed by atoms with Gasteiger partial charge in [0, 0.05) is 32.0 Å². The van der Waals surface area contributed by atoms with Crippen molar-refractivity contribution in [1.82, 2.24) is 25.4 Å². The first-order valence-electron chi connectivity index (χ1n) is 7.96. The molecule has 2 heterocycles. The van der Waals surface area contributed by atoms with Gasteiger partial charge in [0.1, 0.15) is 0 Å². The minimum Gasteiger partial charge on any atom is -0.356 e. The summed E-state index contributed by atoms with van der Waals surface area (Å²) >= 11 is 0. The molecule has 0 amide bonds. The van der Waals surface area contributed by atoms with E-state index >= 15 is 0 Å². The number of nitrogens with zero attached hydrogens (tertiary/aromatic N) is 4. The summed E-state index contributed by atoms with van der Waals surface area (Å²) in [5.74, 6) is 0.795. The molecule has 2 N–H and O–H groups in total. The van der Waals surface area contributed by atoms with Gasteiger partial charge in [-0.05, 0) is 44.9 Å². The molecule has 2 aromatic heterocycles. The third-order valence-electron chi connectivity index (χ3n) is 3.71. The first kappa shape index (κ1) is 20.4. The van der Waals surface area contributed by atoms with Crippen molar-refractivity contribution < 1.29 is 0 Å². The molecule has 6 nitrogen and oxygen atoms in total. The molecule has 0 saturated carbocycles. The van der Waals surface area contributed by atoms with E-state index in [0.29, 0.717) is 6.54 Å². The van der Waals surface area contributed by atoms with Crippen molar-refractivity contribution >= 4 is 29.9 Å². The molecule has 0 aromatic carbocycles. The summed E-state index contributed by atoms with van der Waals surface area (Å²) in [6.45, 7) is 8.59. The molecule has 0 atom stereocenters. The highest BCUT2D eigenvalue weighted by Crippen LogP contribution is 2.03. The zero-order chi connectivity index (χ0) is 16.7. The number of aryl methyl sites for hydroxylation is 4. The van der Waals surface area contributed by atoms with E-state index in [1.807, 2.05) is 23.9 Å². The summed E-state index contributed by atoms with van der Waals surface area (Å²) in [6.07, 6.45) is 2.81. The Morgan fingerprint density at radius 2 is 2.04 bits per heavy atom. The fourth-order valence-electron chi connectivity index (χ4n) is 2.43. The van der Waals surface area contributed by atoms with Crippen molar-refractivity contribution in [3.8, 4) is 0 Å². The van der Waals surface area contributed by atoms with Gasteiger partial charge < -0.3 is 10.6 Å². The van der Waals surface area contributed by atoms with Gasteiger partial charge in [-0.25, -0.2) is 0 Å². The number of hydrogen-bond donors (Lipinski definition) is 2. The van der Waals surface area contributed by atoms with Gasteiger partial charge in [0.2, 0.25) is 0 Å².